The number of nitrogens with one attached hydrogen (secondary N) is 1. The molecule has 0 aliphatic rings. The van der Waals surface area contributed by atoms with Gasteiger partial charge in [-0.1, -0.05) is 25.1 Å². The molecule has 128 valence electrons. The summed E-state index contributed by atoms with van der Waals surface area (Å²) in [6, 6.07) is 8.84. The molecule has 0 bridgehead atoms. The molecule has 0 aliphatic heterocycles. The Hall–Kier alpha value is -3.22. The molecule has 2 aromatic heterocycles. The first-order valence-electron chi connectivity index (χ1n) is 7.88. The Labute approximate surface area is 143 Å². The summed E-state index contributed by atoms with van der Waals surface area (Å²) in [4.78, 5) is 29.9. The number of benzene rings is 1. The average molecular weight is 339 g/mol. The number of carbonyl (C=O) groups excluding carboxylic acids is 1. The Balaban J connectivity index is 1.84. The quantitative estimate of drug-likeness (QED) is 0.420. The molecule has 3 rings (SSSR count). The number of aryl methyl sites for hydroxylation is 2. The molecule has 0 spiro atoms. The average Bonchev–Trinajstić information content (AvgIpc) is 3.04. The standard InChI is InChI=1S/C18H17N3O4/c1-3-12-5-4-6-13-14(9-19-17(12)13)15(22)10-25-16-8-7-11(2)20-18(16)21(23)24/h4-9,19H,3,10H2,1-2H3. The maximum absolute atomic E-state index is 12.5. The van der Waals surface area contributed by atoms with Crippen molar-refractivity contribution in [3.8, 4) is 5.75 Å². The highest BCUT2D eigenvalue weighted by molar-refractivity contribution is 6.09. The minimum atomic E-state index is -0.619. The molecule has 0 unspecified atom stereocenters. The van der Waals surface area contributed by atoms with E-state index in [1.807, 2.05) is 25.1 Å². The van der Waals surface area contributed by atoms with Crippen LogP contribution in [0.5, 0.6) is 5.75 Å². The number of aromatic nitrogens is 2. The van der Waals surface area contributed by atoms with E-state index in [1.165, 1.54) is 6.07 Å². The first-order valence-corrected chi connectivity index (χ1v) is 7.88. The fraction of sp³-hybridized carbons (Fsp3) is 0.222. The maximum Gasteiger partial charge on any atom is 0.406 e. The summed E-state index contributed by atoms with van der Waals surface area (Å²) >= 11 is 0. The fourth-order valence-corrected chi connectivity index (χ4v) is 2.74. The van der Waals surface area contributed by atoms with Gasteiger partial charge in [-0.25, -0.2) is 0 Å². The van der Waals surface area contributed by atoms with Gasteiger partial charge in [0, 0.05) is 29.6 Å². The van der Waals surface area contributed by atoms with Gasteiger partial charge in [0.15, 0.2) is 6.61 Å². The molecule has 0 radical (unpaired) electrons. The Kier molecular flexibility index (Phi) is 4.47. The highest BCUT2D eigenvalue weighted by Gasteiger charge is 2.20. The van der Waals surface area contributed by atoms with E-state index >= 15 is 0 Å². The molecule has 1 aromatic carbocycles. The van der Waals surface area contributed by atoms with Gasteiger partial charge < -0.3 is 19.8 Å². The van der Waals surface area contributed by atoms with Crippen LogP contribution in [0.2, 0.25) is 0 Å². The number of hydrogen-bond acceptors (Lipinski definition) is 5. The van der Waals surface area contributed by atoms with Crippen LogP contribution in [0.4, 0.5) is 5.82 Å². The molecule has 0 saturated heterocycles. The van der Waals surface area contributed by atoms with Gasteiger partial charge in [-0.2, -0.15) is 0 Å². The number of ketones is 1. The molecule has 1 N–H and O–H groups in total. The number of Topliss-reactive ketones (excluding diaryl/α,β-unsaturated/α-hetero) is 1. The van der Waals surface area contributed by atoms with Gasteiger partial charge in [-0.05, 0) is 34.0 Å². The molecule has 25 heavy (non-hydrogen) atoms. The summed E-state index contributed by atoms with van der Waals surface area (Å²) in [6.45, 7) is 3.40. The first-order chi connectivity index (χ1) is 12.0. The summed E-state index contributed by atoms with van der Waals surface area (Å²) in [7, 11) is 0. The second kappa shape index (κ2) is 6.72. The number of fused-ring (bicyclic) bond motifs is 1. The van der Waals surface area contributed by atoms with Crippen molar-refractivity contribution >= 4 is 22.5 Å². The van der Waals surface area contributed by atoms with Crippen molar-refractivity contribution < 1.29 is 14.5 Å². The molecule has 7 heteroatoms. The van der Waals surface area contributed by atoms with E-state index in [0.717, 1.165) is 22.9 Å². The second-order valence-electron chi connectivity index (χ2n) is 5.64. The van der Waals surface area contributed by atoms with Gasteiger partial charge in [0.2, 0.25) is 11.5 Å². The Morgan fingerprint density at radius 3 is 2.84 bits per heavy atom. The lowest BCUT2D eigenvalue weighted by molar-refractivity contribution is -0.390. The van der Waals surface area contributed by atoms with E-state index in [-0.39, 0.29) is 24.0 Å². The topological polar surface area (TPSA) is 98.1 Å². The molecule has 0 fully saturated rings. The van der Waals surface area contributed by atoms with Gasteiger partial charge in [0.05, 0.1) is 0 Å². The lowest BCUT2D eigenvalue weighted by Crippen LogP contribution is -2.12. The molecule has 2 heterocycles. The number of ether oxygens (including phenoxy) is 1. The van der Waals surface area contributed by atoms with Crippen molar-refractivity contribution in [2.24, 2.45) is 0 Å². The summed E-state index contributed by atoms with van der Waals surface area (Å²) < 4.78 is 5.38. The van der Waals surface area contributed by atoms with Crippen LogP contribution in [-0.4, -0.2) is 27.3 Å². The molecular weight excluding hydrogens is 322 g/mol. The number of hydrogen-bond donors (Lipinski definition) is 1. The Morgan fingerprint density at radius 2 is 2.12 bits per heavy atom. The van der Waals surface area contributed by atoms with Crippen molar-refractivity contribution in [3.63, 3.8) is 0 Å². The Morgan fingerprint density at radius 1 is 1.32 bits per heavy atom. The minimum Gasteiger partial charge on any atom is -0.477 e. The number of carbonyl (C=O) groups is 1. The molecule has 0 amide bonds. The van der Waals surface area contributed by atoms with E-state index in [1.54, 1.807) is 19.2 Å². The van der Waals surface area contributed by atoms with Crippen LogP contribution in [0.15, 0.2) is 36.5 Å². The van der Waals surface area contributed by atoms with Crippen LogP contribution in [-0.2, 0) is 6.42 Å². The number of nitrogens with zero attached hydrogens (tertiary/aromatic N) is 2. The first kappa shape index (κ1) is 16.6. The van der Waals surface area contributed by atoms with Crippen LogP contribution in [0.1, 0.15) is 28.5 Å². The van der Waals surface area contributed by atoms with E-state index < -0.39 is 4.92 Å². The van der Waals surface area contributed by atoms with Gasteiger partial charge in [-0.3, -0.25) is 4.79 Å². The fourth-order valence-electron chi connectivity index (χ4n) is 2.74. The SMILES string of the molecule is CCc1cccc2c(C(=O)COc3ccc(C)nc3[N+](=O)[O-])c[nH]c12. The largest absolute Gasteiger partial charge is 0.477 e. The van der Waals surface area contributed by atoms with Crippen molar-refractivity contribution in [2.75, 3.05) is 6.61 Å². The Bertz CT molecular complexity index is 962. The third-order valence-electron chi connectivity index (χ3n) is 3.99. The van der Waals surface area contributed by atoms with Gasteiger partial charge in [0.25, 0.3) is 0 Å². The number of para-hydroxylation sites is 1. The molecular formula is C18H17N3O4. The minimum absolute atomic E-state index is 0.0157. The number of rotatable bonds is 6. The predicted octanol–water partition coefficient (Wildman–Crippen LogP) is 3.60. The number of pyridine rings is 1. The zero-order valence-corrected chi connectivity index (χ0v) is 13.9. The summed E-state index contributed by atoms with van der Waals surface area (Å²) in [5.74, 6) is -0.660. The zero-order valence-electron chi connectivity index (χ0n) is 13.9. The molecule has 0 saturated carbocycles. The maximum atomic E-state index is 12.5. The summed E-state index contributed by atoms with van der Waals surface area (Å²) in [5, 5.41) is 11.9. The van der Waals surface area contributed by atoms with Crippen molar-refractivity contribution in [3.05, 3.63) is 63.5 Å². The molecule has 7 nitrogen and oxygen atoms in total. The van der Waals surface area contributed by atoms with Crippen molar-refractivity contribution in [2.45, 2.75) is 20.3 Å². The van der Waals surface area contributed by atoms with Crippen LogP contribution in [0, 0.1) is 17.0 Å². The highest BCUT2D eigenvalue weighted by Crippen LogP contribution is 2.26. The third kappa shape index (κ3) is 3.21. The molecule has 3 aromatic rings. The third-order valence-corrected chi connectivity index (χ3v) is 3.99. The van der Waals surface area contributed by atoms with Crippen LogP contribution in [0.25, 0.3) is 10.9 Å². The smallest absolute Gasteiger partial charge is 0.406 e. The monoisotopic (exact) mass is 339 g/mol. The molecule has 0 aliphatic carbocycles. The second-order valence-corrected chi connectivity index (χ2v) is 5.64. The lowest BCUT2D eigenvalue weighted by atomic mass is 10.1. The zero-order chi connectivity index (χ0) is 18.0. The van der Waals surface area contributed by atoms with E-state index in [0.29, 0.717) is 11.3 Å². The lowest BCUT2D eigenvalue weighted by Gasteiger charge is -2.06. The van der Waals surface area contributed by atoms with E-state index in [4.69, 9.17) is 4.74 Å². The van der Waals surface area contributed by atoms with E-state index in [9.17, 15) is 14.9 Å². The summed E-state index contributed by atoms with van der Waals surface area (Å²) in [6.07, 6.45) is 2.50. The predicted molar refractivity (Wildman–Crippen MR) is 93.1 cm³/mol. The summed E-state index contributed by atoms with van der Waals surface area (Å²) in [5.41, 5.74) is 3.06. The molecule has 0 atom stereocenters. The van der Waals surface area contributed by atoms with Gasteiger partial charge >= 0.3 is 5.82 Å². The number of aromatic amines is 1. The van der Waals surface area contributed by atoms with Crippen LogP contribution < -0.4 is 4.74 Å². The highest BCUT2D eigenvalue weighted by atomic mass is 16.6. The van der Waals surface area contributed by atoms with Crippen molar-refractivity contribution in [1.29, 1.82) is 0 Å². The van der Waals surface area contributed by atoms with Crippen LogP contribution >= 0.6 is 0 Å². The number of nitro groups is 1. The van der Waals surface area contributed by atoms with E-state index in [2.05, 4.69) is 9.97 Å². The normalized spacial score (nSPS) is 10.8. The number of H-pyrrole nitrogens is 1. The van der Waals surface area contributed by atoms with Crippen LogP contribution in [0.3, 0.4) is 0 Å². The van der Waals surface area contributed by atoms with Crippen molar-refractivity contribution in [1.82, 2.24) is 9.97 Å². The van der Waals surface area contributed by atoms with Gasteiger partial charge in [0.1, 0.15) is 5.69 Å². The van der Waals surface area contributed by atoms with Gasteiger partial charge in [-0.15, -0.1) is 0 Å².